The van der Waals surface area contributed by atoms with E-state index in [4.69, 9.17) is 4.42 Å². The quantitative estimate of drug-likeness (QED) is 0.186. The molecule has 1 heterocycles. The number of aryl methyl sites for hydroxylation is 1. The molecule has 0 amide bonds. The van der Waals surface area contributed by atoms with E-state index in [9.17, 15) is 0 Å². The van der Waals surface area contributed by atoms with E-state index in [0.717, 1.165) is 57.6 Å². The molecule has 2 nitrogen and oxygen atoms in total. The molecule has 0 unspecified atom stereocenters. The van der Waals surface area contributed by atoms with Gasteiger partial charge in [-0.3, -0.25) is 0 Å². The highest BCUT2D eigenvalue weighted by Crippen LogP contribution is 2.43. The molecule has 2 heteroatoms. The van der Waals surface area contributed by atoms with E-state index in [1.807, 2.05) is 0 Å². The van der Waals surface area contributed by atoms with Crippen LogP contribution in [0.5, 0.6) is 0 Å². The summed E-state index contributed by atoms with van der Waals surface area (Å²) >= 11 is 0. The molecule has 1 aliphatic rings. The van der Waals surface area contributed by atoms with Gasteiger partial charge in [0, 0.05) is 27.7 Å². The highest BCUT2D eigenvalue weighted by molar-refractivity contribution is 6.08. The maximum absolute atomic E-state index is 6.40. The van der Waals surface area contributed by atoms with Crippen molar-refractivity contribution in [2.24, 2.45) is 0 Å². The second-order valence-corrected chi connectivity index (χ2v) is 13.3. The Balaban J connectivity index is 1.12. The van der Waals surface area contributed by atoms with Crippen molar-refractivity contribution < 1.29 is 4.42 Å². The first-order chi connectivity index (χ1) is 24.7. The molecule has 0 saturated carbocycles. The van der Waals surface area contributed by atoms with Gasteiger partial charge in [0.05, 0.1) is 5.69 Å². The van der Waals surface area contributed by atoms with E-state index in [-0.39, 0.29) is 0 Å². The Morgan fingerprint density at radius 3 is 1.96 bits per heavy atom. The van der Waals surface area contributed by atoms with E-state index >= 15 is 0 Å². The average Bonchev–Trinajstić information content (AvgIpc) is 3.54. The summed E-state index contributed by atoms with van der Waals surface area (Å²) in [6.45, 7) is 0. The second kappa shape index (κ2) is 11.6. The van der Waals surface area contributed by atoms with Crippen LogP contribution in [0.4, 0.5) is 17.1 Å². The van der Waals surface area contributed by atoms with E-state index in [0.29, 0.717) is 0 Å². The minimum absolute atomic E-state index is 0.920. The van der Waals surface area contributed by atoms with Crippen molar-refractivity contribution in [1.82, 2.24) is 0 Å². The lowest BCUT2D eigenvalue weighted by molar-refractivity contribution is 0.668. The van der Waals surface area contributed by atoms with Crippen LogP contribution in [0.1, 0.15) is 17.5 Å². The summed E-state index contributed by atoms with van der Waals surface area (Å²) in [6.07, 6.45) is 6.67. The van der Waals surface area contributed by atoms with Crippen molar-refractivity contribution >= 4 is 66.6 Å². The Kier molecular flexibility index (Phi) is 6.67. The SMILES string of the molecule is C1=Cc2cc3c(cc2CC1)oc1ccc(-c2ccccc2N(c2ccc(-c4ccc5ccccc5c4)cc2)c2ccc4ccccc4c2)cc13. The third-order valence-electron chi connectivity index (χ3n) is 10.3. The van der Waals surface area contributed by atoms with Crippen molar-refractivity contribution in [3.8, 4) is 22.3 Å². The maximum Gasteiger partial charge on any atom is 0.135 e. The number of allylic oxidation sites excluding steroid dienone is 1. The molecule has 0 aliphatic heterocycles. The van der Waals surface area contributed by atoms with Gasteiger partial charge in [0.2, 0.25) is 0 Å². The van der Waals surface area contributed by atoms with E-state index in [1.54, 1.807) is 0 Å². The highest BCUT2D eigenvalue weighted by atomic mass is 16.3. The third kappa shape index (κ3) is 4.88. The molecule has 1 aromatic heterocycles. The molecule has 0 radical (unpaired) electrons. The molecule has 0 saturated heterocycles. The van der Waals surface area contributed by atoms with Crippen molar-refractivity contribution in [3.05, 3.63) is 181 Å². The summed E-state index contributed by atoms with van der Waals surface area (Å²) in [6, 6.07) is 59.5. The van der Waals surface area contributed by atoms with Crippen LogP contribution in [0.2, 0.25) is 0 Å². The van der Waals surface area contributed by atoms with Gasteiger partial charge in [-0.25, -0.2) is 0 Å². The highest BCUT2D eigenvalue weighted by Gasteiger charge is 2.19. The predicted octanol–water partition coefficient (Wildman–Crippen LogP) is 13.7. The molecule has 8 aromatic carbocycles. The summed E-state index contributed by atoms with van der Waals surface area (Å²) in [5.74, 6) is 0. The minimum atomic E-state index is 0.920. The van der Waals surface area contributed by atoms with Gasteiger partial charge >= 0.3 is 0 Å². The Morgan fingerprint density at radius 1 is 0.460 bits per heavy atom. The Labute approximate surface area is 291 Å². The van der Waals surface area contributed by atoms with Gasteiger partial charge in [-0.05, 0) is 123 Å². The lowest BCUT2D eigenvalue weighted by Gasteiger charge is -2.28. The first-order valence-corrected chi connectivity index (χ1v) is 17.4. The van der Waals surface area contributed by atoms with Gasteiger partial charge < -0.3 is 9.32 Å². The second-order valence-electron chi connectivity index (χ2n) is 13.3. The van der Waals surface area contributed by atoms with Crippen LogP contribution in [-0.4, -0.2) is 0 Å². The fourth-order valence-electron chi connectivity index (χ4n) is 7.70. The number of benzene rings is 8. The van der Waals surface area contributed by atoms with Crippen molar-refractivity contribution in [3.63, 3.8) is 0 Å². The van der Waals surface area contributed by atoms with Gasteiger partial charge in [-0.2, -0.15) is 0 Å². The topological polar surface area (TPSA) is 16.4 Å². The lowest BCUT2D eigenvalue weighted by Crippen LogP contribution is -2.11. The molecule has 1 aliphatic carbocycles. The zero-order chi connectivity index (χ0) is 33.0. The molecule has 236 valence electrons. The fraction of sp³-hybridized carbons (Fsp3) is 0.0417. The van der Waals surface area contributed by atoms with Gasteiger partial charge in [-0.15, -0.1) is 0 Å². The molecular formula is C48H33NO. The smallest absolute Gasteiger partial charge is 0.135 e. The largest absolute Gasteiger partial charge is 0.456 e. The van der Waals surface area contributed by atoms with Crippen LogP contribution >= 0.6 is 0 Å². The average molecular weight is 640 g/mol. The monoisotopic (exact) mass is 639 g/mol. The van der Waals surface area contributed by atoms with Crippen molar-refractivity contribution in [2.75, 3.05) is 4.90 Å². The summed E-state index contributed by atoms with van der Waals surface area (Å²) in [5.41, 5.74) is 12.6. The normalized spacial score (nSPS) is 12.6. The molecule has 0 spiro atoms. The Bertz CT molecular complexity index is 2770. The maximum atomic E-state index is 6.40. The number of furan rings is 1. The number of nitrogens with zero attached hydrogens (tertiary/aromatic N) is 1. The van der Waals surface area contributed by atoms with Crippen molar-refractivity contribution in [1.29, 1.82) is 0 Å². The molecule has 0 bridgehead atoms. The fourth-order valence-corrected chi connectivity index (χ4v) is 7.70. The molecule has 0 fully saturated rings. The van der Waals surface area contributed by atoms with Gasteiger partial charge in [0.1, 0.15) is 11.2 Å². The van der Waals surface area contributed by atoms with Crippen molar-refractivity contribution in [2.45, 2.75) is 12.8 Å². The zero-order valence-corrected chi connectivity index (χ0v) is 27.5. The van der Waals surface area contributed by atoms with Gasteiger partial charge in [0.15, 0.2) is 0 Å². The predicted molar refractivity (Wildman–Crippen MR) is 212 cm³/mol. The first-order valence-electron chi connectivity index (χ1n) is 17.4. The number of para-hydroxylation sites is 1. The van der Waals surface area contributed by atoms with Crippen LogP contribution in [-0.2, 0) is 6.42 Å². The van der Waals surface area contributed by atoms with Gasteiger partial charge in [-0.1, -0.05) is 115 Å². The van der Waals surface area contributed by atoms with Crippen LogP contribution < -0.4 is 4.90 Å². The summed E-state index contributed by atoms with van der Waals surface area (Å²) in [5, 5.41) is 7.25. The minimum Gasteiger partial charge on any atom is -0.456 e. The summed E-state index contributed by atoms with van der Waals surface area (Å²) < 4.78 is 6.40. The molecule has 0 N–H and O–H groups in total. The first kappa shape index (κ1) is 28.6. The number of hydrogen-bond donors (Lipinski definition) is 0. The van der Waals surface area contributed by atoms with E-state index < -0.39 is 0 Å². The Morgan fingerprint density at radius 2 is 1.12 bits per heavy atom. The number of hydrogen-bond acceptors (Lipinski definition) is 2. The van der Waals surface area contributed by atoms with E-state index in [2.05, 4.69) is 181 Å². The lowest BCUT2D eigenvalue weighted by atomic mass is 9.94. The zero-order valence-electron chi connectivity index (χ0n) is 27.5. The summed E-state index contributed by atoms with van der Waals surface area (Å²) in [4.78, 5) is 2.39. The van der Waals surface area contributed by atoms with E-state index in [1.165, 1.54) is 49.2 Å². The molecule has 9 aromatic rings. The van der Waals surface area contributed by atoms with Gasteiger partial charge in [0.25, 0.3) is 0 Å². The third-order valence-corrected chi connectivity index (χ3v) is 10.3. The Hall–Kier alpha value is -6.38. The number of anilines is 3. The molecule has 0 atom stereocenters. The van der Waals surface area contributed by atoms with Crippen LogP contribution in [0.15, 0.2) is 174 Å². The standard InChI is InChI=1S/C48H33NO/c1-3-11-35-27-39(18-17-32(35)9-1)34-19-23-41(24-20-34)49(42-25-21-33-10-2-4-12-36(33)28-42)46-16-8-7-15-43(46)40-22-26-47-44(30-40)45-29-37-13-5-6-14-38(37)31-48(45)50-47/h1-5,7-13,15-31H,6,14H2. The number of fused-ring (bicyclic) bond motifs is 6. The van der Waals surface area contributed by atoms with Crippen LogP contribution in [0.25, 0.3) is 71.8 Å². The molecular weight excluding hydrogens is 607 g/mol. The van der Waals surface area contributed by atoms with Crippen LogP contribution in [0.3, 0.4) is 0 Å². The number of rotatable bonds is 5. The molecule has 50 heavy (non-hydrogen) atoms. The molecule has 10 rings (SSSR count). The van der Waals surface area contributed by atoms with Crippen LogP contribution in [0, 0.1) is 0 Å². The summed E-state index contributed by atoms with van der Waals surface area (Å²) in [7, 11) is 0.